The minimum absolute atomic E-state index is 0.703. The number of benzene rings is 1. The van der Waals surface area contributed by atoms with Gasteiger partial charge in [-0.2, -0.15) is 0 Å². The zero-order chi connectivity index (χ0) is 19.3. The minimum Gasteiger partial charge on any atom is -0.377 e. The van der Waals surface area contributed by atoms with Gasteiger partial charge in [-0.3, -0.25) is 0 Å². The van der Waals surface area contributed by atoms with Crippen LogP contribution in [0.5, 0.6) is 0 Å². The number of rotatable bonds is 3. The van der Waals surface area contributed by atoms with Crippen molar-refractivity contribution < 1.29 is 4.74 Å². The largest absolute Gasteiger partial charge is 0.377 e. The Kier molecular flexibility index (Phi) is 4.05. The van der Waals surface area contributed by atoms with Crippen molar-refractivity contribution in [2.75, 3.05) is 13.2 Å². The molecule has 4 aromatic rings. The van der Waals surface area contributed by atoms with Crippen LogP contribution >= 0.6 is 0 Å². The van der Waals surface area contributed by atoms with E-state index in [9.17, 15) is 0 Å². The first-order chi connectivity index (χ1) is 13.6. The highest BCUT2D eigenvalue weighted by Gasteiger charge is 2.13. The van der Waals surface area contributed by atoms with Gasteiger partial charge < -0.3 is 14.3 Å². The Labute approximate surface area is 164 Å². The molecule has 0 aliphatic carbocycles. The number of fused-ring (bicyclic) bond motifs is 2. The number of nitrogens with one attached hydrogen (secondary N) is 1. The molecule has 0 fully saturated rings. The van der Waals surface area contributed by atoms with Crippen LogP contribution in [0.4, 0.5) is 0 Å². The van der Waals surface area contributed by atoms with E-state index in [4.69, 9.17) is 14.7 Å². The first-order valence-corrected chi connectivity index (χ1v) is 9.78. The van der Waals surface area contributed by atoms with Crippen molar-refractivity contribution in [3.8, 4) is 0 Å². The summed E-state index contributed by atoms with van der Waals surface area (Å²) in [6.45, 7) is 8.47. The second-order valence-corrected chi connectivity index (χ2v) is 7.66. The summed E-state index contributed by atoms with van der Waals surface area (Å²) < 4.78 is 7.64. The molecule has 5 nitrogen and oxygen atoms in total. The molecule has 3 aromatic heterocycles. The van der Waals surface area contributed by atoms with Crippen LogP contribution in [0.15, 0.2) is 36.4 Å². The zero-order valence-corrected chi connectivity index (χ0v) is 16.5. The van der Waals surface area contributed by atoms with Gasteiger partial charge in [-0.1, -0.05) is 12.1 Å². The Bertz CT molecular complexity index is 1230. The molecule has 5 heteroatoms. The van der Waals surface area contributed by atoms with Gasteiger partial charge in [-0.25, -0.2) is 9.97 Å². The van der Waals surface area contributed by atoms with Gasteiger partial charge in [-0.05, 0) is 68.2 Å². The number of pyridine rings is 1. The van der Waals surface area contributed by atoms with Crippen molar-refractivity contribution in [2.24, 2.45) is 0 Å². The van der Waals surface area contributed by atoms with Crippen molar-refractivity contribution in [1.82, 2.24) is 19.5 Å². The summed E-state index contributed by atoms with van der Waals surface area (Å²) >= 11 is 0. The van der Waals surface area contributed by atoms with Crippen molar-refractivity contribution in [1.29, 1.82) is 0 Å². The summed E-state index contributed by atoms with van der Waals surface area (Å²) in [7, 11) is 0. The van der Waals surface area contributed by atoms with Crippen LogP contribution in [-0.2, 0) is 11.3 Å². The normalized spacial score (nSPS) is 14.8. The van der Waals surface area contributed by atoms with Crippen LogP contribution in [0.3, 0.4) is 0 Å². The quantitative estimate of drug-likeness (QED) is 0.568. The summed E-state index contributed by atoms with van der Waals surface area (Å²) in [5.41, 5.74) is 9.15. The second-order valence-electron chi connectivity index (χ2n) is 7.66. The Morgan fingerprint density at radius 3 is 2.82 bits per heavy atom. The number of H-pyrrole nitrogens is 1. The van der Waals surface area contributed by atoms with Crippen LogP contribution in [0.1, 0.15) is 34.8 Å². The number of aromatic amines is 1. The molecule has 1 aromatic carbocycles. The zero-order valence-electron chi connectivity index (χ0n) is 16.5. The standard InChI is InChI=1S/C23H24N4O/c1-14-10-15(2)24-23-22(14)25-16(3)27(23)13-17-4-5-20-19(11-17)12-21(26-20)18-6-8-28-9-7-18/h4-6,10-12,26H,7-9,13H2,1-3H3. The molecule has 1 aliphatic rings. The van der Waals surface area contributed by atoms with E-state index in [1.165, 1.54) is 33.3 Å². The van der Waals surface area contributed by atoms with Gasteiger partial charge in [0.2, 0.25) is 0 Å². The Morgan fingerprint density at radius 1 is 1.11 bits per heavy atom. The van der Waals surface area contributed by atoms with Gasteiger partial charge in [0.1, 0.15) is 11.3 Å². The average Bonchev–Trinajstić information content (AvgIpc) is 3.24. The lowest BCUT2D eigenvalue weighted by Crippen LogP contribution is -2.03. The maximum absolute atomic E-state index is 5.43. The molecule has 0 radical (unpaired) electrons. The summed E-state index contributed by atoms with van der Waals surface area (Å²) in [5.74, 6) is 0.999. The number of hydrogen-bond acceptors (Lipinski definition) is 3. The first-order valence-electron chi connectivity index (χ1n) is 9.78. The summed E-state index contributed by atoms with van der Waals surface area (Å²) in [4.78, 5) is 13.1. The number of hydrogen-bond donors (Lipinski definition) is 1. The molecule has 0 amide bonds. The third-order valence-electron chi connectivity index (χ3n) is 5.55. The smallest absolute Gasteiger partial charge is 0.160 e. The first kappa shape index (κ1) is 17.2. The van der Waals surface area contributed by atoms with Crippen LogP contribution in [-0.4, -0.2) is 32.7 Å². The Balaban J connectivity index is 1.53. The van der Waals surface area contributed by atoms with E-state index in [0.717, 1.165) is 42.3 Å². The minimum atomic E-state index is 0.703. The van der Waals surface area contributed by atoms with Crippen molar-refractivity contribution in [2.45, 2.75) is 33.7 Å². The van der Waals surface area contributed by atoms with Crippen LogP contribution < -0.4 is 0 Å². The van der Waals surface area contributed by atoms with Crippen molar-refractivity contribution in [3.63, 3.8) is 0 Å². The highest BCUT2D eigenvalue weighted by atomic mass is 16.5. The molecule has 0 atom stereocenters. The molecule has 4 heterocycles. The lowest BCUT2D eigenvalue weighted by molar-refractivity contribution is 0.161. The fourth-order valence-corrected chi connectivity index (χ4v) is 4.11. The van der Waals surface area contributed by atoms with E-state index < -0.39 is 0 Å². The molecule has 0 unspecified atom stereocenters. The molecule has 28 heavy (non-hydrogen) atoms. The summed E-state index contributed by atoms with van der Waals surface area (Å²) in [6.07, 6.45) is 3.14. The molecular weight excluding hydrogens is 348 g/mol. The molecule has 0 saturated carbocycles. The molecular formula is C23H24N4O. The monoisotopic (exact) mass is 372 g/mol. The van der Waals surface area contributed by atoms with Gasteiger partial charge in [0, 0.05) is 22.3 Å². The predicted molar refractivity (Wildman–Crippen MR) is 113 cm³/mol. The maximum atomic E-state index is 5.43. The van der Waals surface area contributed by atoms with Crippen LogP contribution in [0.25, 0.3) is 27.6 Å². The third kappa shape index (κ3) is 2.92. The molecule has 1 N–H and O–H groups in total. The molecule has 0 spiro atoms. The van der Waals surface area contributed by atoms with E-state index in [-0.39, 0.29) is 0 Å². The highest BCUT2D eigenvalue weighted by molar-refractivity contribution is 5.85. The fraction of sp³-hybridized carbons (Fsp3) is 0.304. The number of ether oxygens (including phenoxy) is 1. The van der Waals surface area contributed by atoms with Gasteiger partial charge in [0.05, 0.1) is 19.8 Å². The second kappa shape index (κ2) is 6.60. The van der Waals surface area contributed by atoms with Crippen LogP contribution in [0.2, 0.25) is 0 Å². The number of aryl methyl sites for hydroxylation is 3. The Morgan fingerprint density at radius 2 is 2.00 bits per heavy atom. The number of nitrogens with zero attached hydrogens (tertiary/aromatic N) is 3. The molecule has 0 saturated heterocycles. The van der Waals surface area contributed by atoms with Crippen LogP contribution in [0, 0.1) is 20.8 Å². The molecule has 0 bridgehead atoms. The highest BCUT2D eigenvalue weighted by Crippen LogP contribution is 2.26. The molecule has 5 rings (SSSR count). The van der Waals surface area contributed by atoms with E-state index in [0.29, 0.717) is 6.61 Å². The molecule has 1 aliphatic heterocycles. The van der Waals surface area contributed by atoms with Crippen molar-refractivity contribution >= 4 is 27.6 Å². The van der Waals surface area contributed by atoms with E-state index >= 15 is 0 Å². The average molecular weight is 372 g/mol. The third-order valence-corrected chi connectivity index (χ3v) is 5.55. The lowest BCUT2D eigenvalue weighted by Gasteiger charge is -2.11. The maximum Gasteiger partial charge on any atom is 0.160 e. The molecule has 142 valence electrons. The topological polar surface area (TPSA) is 55.7 Å². The number of aromatic nitrogens is 4. The summed E-state index contributed by atoms with van der Waals surface area (Å²) in [5, 5.41) is 1.24. The van der Waals surface area contributed by atoms with Crippen molar-refractivity contribution in [3.05, 3.63) is 64.7 Å². The van der Waals surface area contributed by atoms with Gasteiger partial charge in [-0.15, -0.1) is 0 Å². The van der Waals surface area contributed by atoms with E-state index in [2.05, 4.69) is 59.8 Å². The number of imidazole rings is 1. The van der Waals surface area contributed by atoms with E-state index in [1.807, 2.05) is 6.92 Å². The fourth-order valence-electron chi connectivity index (χ4n) is 4.11. The van der Waals surface area contributed by atoms with Gasteiger partial charge in [0.25, 0.3) is 0 Å². The van der Waals surface area contributed by atoms with Gasteiger partial charge >= 0.3 is 0 Å². The predicted octanol–water partition coefficient (Wildman–Crippen LogP) is 4.69. The summed E-state index contributed by atoms with van der Waals surface area (Å²) in [6, 6.07) is 11.0. The van der Waals surface area contributed by atoms with E-state index in [1.54, 1.807) is 0 Å². The SMILES string of the molecule is Cc1cc(C)c2nc(C)n(Cc3ccc4[nH]c(C5=CCOCC5)cc4c3)c2n1. The Hall–Kier alpha value is -2.92. The lowest BCUT2D eigenvalue weighted by atomic mass is 10.1. The van der Waals surface area contributed by atoms with Gasteiger partial charge in [0.15, 0.2) is 5.65 Å².